The molecule has 3 aromatic heterocycles. The predicted octanol–water partition coefficient (Wildman–Crippen LogP) is 1.99. The van der Waals surface area contributed by atoms with Crippen molar-refractivity contribution in [2.75, 3.05) is 7.05 Å². The third-order valence-electron chi connectivity index (χ3n) is 3.78. The summed E-state index contributed by atoms with van der Waals surface area (Å²) in [5.74, 6) is 0.104. The summed E-state index contributed by atoms with van der Waals surface area (Å²) in [5, 5.41) is 17.4. The molecule has 0 aliphatic rings. The molecule has 130 valence electrons. The molecule has 1 unspecified atom stereocenters. The molecule has 0 aliphatic carbocycles. The molecule has 0 spiro atoms. The highest BCUT2D eigenvalue weighted by Gasteiger charge is 2.31. The Morgan fingerprint density at radius 2 is 2.08 bits per heavy atom. The zero-order valence-electron chi connectivity index (χ0n) is 14.0. The van der Waals surface area contributed by atoms with Crippen LogP contribution in [0.2, 0.25) is 0 Å². The van der Waals surface area contributed by atoms with Gasteiger partial charge in [0.1, 0.15) is 17.5 Å². The number of rotatable bonds is 6. The second-order valence-electron chi connectivity index (χ2n) is 5.62. The molecule has 0 saturated heterocycles. The highest BCUT2D eigenvalue weighted by molar-refractivity contribution is 5.76. The molecular weight excluding hydrogens is 326 g/mol. The Kier molecular flexibility index (Phi) is 4.57. The van der Waals surface area contributed by atoms with Gasteiger partial charge in [-0.2, -0.15) is 4.98 Å². The zero-order valence-corrected chi connectivity index (χ0v) is 14.0. The third-order valence-corrected chi connectivity index (χ3v) is 3.78. The van der Waals surface area contributed by atoms with Crippen molar-refractivity contribution in [3.63, 3.8) is 0 Å². The Morgan fingerprint density at radius 3 is 2.68 bits per heavy atom. The Morgan fingerprint density at radius 1 is 1.28 bits per heavy atom. The highest BCUT2D eigenvalue weighted by atomic mass is 16.5. The maximum atomic E-state index is 11.8. The number of hydrogen-bond donors (Lipinski definition) is 1. The molecule has 0 fully saturated rings. The molecule has 0 radical (unpaired) electrons. The molecule has 1 N–H and O–H groups in total. The number of carboxylic acids is 1. The Labute approximate surface area is 143 Å². The highest BCUT2D eigenvalue weighted by Crippen LogP contribution is 2.27. The first-order chi connectivity index (χ1) is 12.0. The number of carboxylic acid groups (broad SMARTS) is 1. The molecule has 9 nitrogen and oxygen atoms in total. The van der Waals surface area contributed by atoms with Crippen LogP contribution in [0.25, 0.3) is 11.5 Å². The van der Waals surface area contributed by atoms with E-state index in [1.54, 1.807) is 44.1 Å². The van der Waals surface area contributed by atoms with E-state index in [1.807, 2.05) is 6.07 Å². The monoisotopic (exact) mass is 343 g/mol. The van der Waals surface area contributed by atoms with Crippen molar-refractivity contribution < 1.29 is 18.9 Å². The smallest absolute Gasteiger partial charge is 0.325 e. The van der Waals surface area contributed by atoms with Gasteiger partial charge in [0.05, 0.1) is 12.2 Å². The molecule has 3 heterocycles. The van der Waals surface area contributed by atoms with Crippen molar-refractivity contribution >= 4 is 5.97 Å². The average Bonchev–Trinajstić information content (AvgIpc) is 3.17. The molecule has 0 saturated carbocycles. The van der Waals surface area contributed by atoms with Gasteiger partial charge in [0.2, 0.25) is 11.7 Å². The van der Waals surface area contributed by atoms with Crippen LogP contribution in [0.15, 0.2) is 33.4 Å². The standard InChI is InChI=1S/C16H17N5O4/c1-9-13(10(2)24-19-9)14(16(22)23)21(3)8-12-18-15(20-25-12)11-6-4-5-7-17-11/h4-7,14H,8H2,1-3H3,(H,22,23). The first-order valence-corrected chi connectivity index (χ1v) is 7.57. The van der Waals surface area contributed by atoms with Gasteiger partial charge < -0.3 is 14.2 Å². The Bertz CT molecular complexity index is 854. The lowest BCUT2D eigenvalue weighted by Crippen LogP contribution is -2.31. The van der Waals surface area contributed by atoms with Gasteiger partial charge >= 0.3 is 5.97 Å². The van der Waals surface area contributed by atoms with E-state index in [0.29, 0.717) is 34.4 Å². The minimum Gasteiger partial charge on any atom is -0.480 e. The first kappa shape index (κ1) is 16.8. The SMILES string of the molecule is Cc1noc(C)c1C(C(=O)O)N(C)Cc1nc(-c2ccccn2)no1. The predicted molar refractivity (Wildman–Crippen MR) is 85.3 cm³/mol. The molecule has 3 rings (SSSR count). The fraction of sp³-hybridized carbons (Fsp3) is 0.312. The molecule has 0 amide bonds. The van der Waals surface area contributed by atoms with Crippen LogP contribution >= 0.6 is 0 Å². The van der Waals surface area contributed by atoms with Crippen molar-refractivity contribution in [2.45, 2.75) is 26.4 Å². The molecule has 3 aromatic rings. The summed E-state index contributed by atoms with van der Waals surface area (Å²) in [6, 6.07) is 4.45. The number of likely N-dealkylation sites (N-methyl/N-ethyl adjacent to an activating group) is 1. The van der Waals surface area contributed by atoms with Gasteiger partial charge in [-0.1, -0.05) is 16.4 Å². The molecule has 9 heteroatoms. The second-order valence-corrected chi connectivity index (χ2v) is 5.62. The van der Waals surface area contributed by atoms with E-state index in [1.165, 1.54) is 0 Å². The van der Waals surface area contributed by atoms with Crippen LogP contribution < -0.4 is 0 Å². The summed E-state index contributed by atoms with van der Waals surface area (Å²) in [4.78, 5) is 21.8. The van der Waals surface area contributed by atoms with E-state index in [-0.39, 0.29) is 6.54 Å². The number of nitrogens with zero attached hydrogens (tertiary/aromatic N) is 5. The van der Waals surface area contributed by atoms with Gasteiger partial charge in [0.25, 0.3) is 0 Å². The fourth-order valence-electron chi connectivity index (χ4n) is 2.64. The zero-order chi connectivity index (χ0) is 18.0. The third kappa shape index (κ3) is 3.41. The topological polar surface area (TPSA) is 118 Å². The van der Waals surface area contributed by atoms with Gasteiger partial charge in [-0.05, 0) is 33.0 Å². The van der Waals surface area contributed by atoms with E-state index in [4.69, 9.17) is 9.05 Å². The summed E-state index contributed by atoms with van der Waals surface area (Å²) >= 11 is 0. The molecular formula is C16H17N5O4. The molecule has 0 bridgehead atoms. The van der Waals surface area contributed by atoms with Gasteiger partial charge in [0.15, 0.2) is 0 Å². The first-order valence-electron chi connectivity index (χ1n) is 7.57. The maximum Gasteiger partial charge on any atom is 0.325 e. The van der Waals surface area contributed by atoms with Crippen LogP contribution in [0, 0.1) is 13.8 Å². The molecule has 1 atom stereocenters. The van der Waals surface area contributed by atoms with Crippen LogP contribution in [0.3, 0.4) is 0 Å². The van der Waals surface area contributed by atoms with Crippen LogP contribution in [0.4, 0.5) is 0 Å². The summed E-state index contributed by atoms with van der Waals surface area (Å²) < 4.78 is 10.3. The summed E-state index contributed by atoms with van der Waals surface area (Å²) in [6.45, 7) is 3.55. The Balaban J connectivity index is 1.82. The van der Waals surface area contributed by atoms with Crippen molar-refractivity contribution in [1.29, 1.82) is 0 Å². The van der Waals surface area contributed by atoms with E-state index in [0.717, 1.165) is 0 Å². The number of aliphatic carboxylic acids is 1. The number of pyridine rings is 1. The van der Waals surface area contributed by atoms with Gasteiger partial charge in [-0.3, -0.25) is 14.7 Å². The van der Waals surface area contributed by atoms with E-state index in [2.05, 4.69) is 20.3 Å². The second kappa shape index (κ2) is 6.81. The van der Waals surface area contributed by atoms with Crippen molar-refractivity contribution in [3.8, 4) is 11.5 Å². The number of aryl methyl sites for hydroxylation is 2. The van der Waals surface area contributed by atoms with Crippen LogP contribution in [-0.4, -0.2) is 43.3 Å². The molecule has 0 aliphatic heterocycles. The summed E-state index contributed by atoms with van der Waals surface area (Å²) in [5.41, 5.74) is 1.65. The minimum absolute atomic E-state index is 0.154. The maximum absolute atomic E-state index is 11.8. The lowest BCUT2D eigenvalue weighted by molar-refractivity contribution is -0.143. The largest absolute Gasteiger partial charge is 0.480 e. The van der Waals surface area contributed by atoms with Crippen LogP contribution in [0.5, 0.6) is 0 Å². The molecule has 0 aromatic carbocycles. The quantitative estimate of drug-likeness (QED) is 0.716. The fourth-order valence-corrected chi connectivity index (χ4v) is 2.64. The number of aromatic nitrogens is 4. The number of hydrogen-bond acceptors (Lipinski definition) is 8. The lowest BCUT2D eigenvalue weighted by atomic mass is 10.0. The molecule has 25 heavy (non-hydrogen) atoms. The van der Waals surface area contributed by atoms with Gasteiger partial charge in [-0.15, -0.1) is 0 Å². The van der Waals surface area contributed by atoms with Crippen LogP contribution in [-0.2, 0) is 11.3 Å². The Hall–Kier alpha value is -3.07. The van der Waals surface area contributed by atoms with Gasteiger partial charge in [-0.25, -0.2) is 0 Å². The average molecular weight is 343 g/mol. The lowest BCUT2D eigenvalue weighted by Gasteiger charge is -2.22. The van der Waals surface area contributed by atoms with E-state index >= 15 is 0 Å². The summed E-state index contributed by atoms with van der Waals surface area (Å²) in [6.07, 6.45) is 1.63. The van der Waals surface area contributed by atoms with Crippen molar-refractivity contribution in [3.05, 3.63) is 47.3 Å². The van der Waals surface area contributed by atoms with Gasteiger partial charge in [0, 0.05) is 11.8 Å². The van der Waals surface area contributed by atoms with E-state index < -0.39 is 12.0 Å². The normalized spacial score (nSPS) is 12.5. The van der Waals surface area contributed by atoms with E-state index in [9.17, 15) is 9.90 Å². The van der Waals surface area contributed by atoms with Crippen molar-refractivity contribution in [2.24, 2.45) is 0 Å². The van der Waals surface area contributed by atoms with Crippen LogP contribution in [0.1, 0.15) is 29.0 Å². The summed E-state index contributed by atoms with van der Waals surface area (Å²) in [7, 11) is 1.66. The number of carbonyl (C=O) groups is 1. The van der Waals surface area contributed by atoms with Crippen molar-refractivity contribution in [1.82, 2.24) is 25.2 Å². The minimum atomic E-state index is -1.01.